The van der Waals surface area contributed by atoms with Crippen LogP contribution < -0.4 is 48.3 Å². The predicted octanol–water partition coefficient (Wildman–Crippen LogP) is -14.6. The third-order valence-corrected chi connectivity index (χ3v) is 18.8. The number of likely N-dealkylation sites (N-methyl/N-ethyl adjacent to an activating group) is 1. The molecule has 1 aromatic rings. The summed E-state index contributed by atoms with van der Waals surface area (Å²) in [5, 5.41) is 243. The number of ether oxygens (including phenoxy) is 12. The maximum atomic E-state index is 13.7. The molecule has 1 rings (SSSR count). The number of nitrogens with zero attached hydrogens (tertiary/aromatic N) is 1. The van der Waals surface area contributed by atoms with Crippen LogP contribution in [0.1, 0.15) is 64.4 Å². The average molecular weight is 1910 g/mol. The highest BCUT2D eigenvalue weighted by molar-refractivity contribution is 5.98. The summed E-state index contributed by atoms with van der Waals surface area (Å²) in [4.78, 5) is 90.4. The molecule has 0 saturated carbocycles. The Kier molecular flexibility index (Phi) is 69.5. The Balaban J connectivity index is 2.16. The van der Waals surface area contributed by atoms with Crippen molar-refractivity contribution in [3.63, 3.8) is 0 Å². The first-order valence-corrected chi connectivity index (χ1v) is 43.2. The highest BCUT2D eigenvalue weighted by atomic mass is 16.6. The van der Waals surface area contributed by atoms with Crippen LogP contribution in [0.15, 0.2) is 24.3 Å². The second-order valence-electron chi connectivity index (χ2n) is 31.6. The van der Waals surface area contributed by atoms with E-state index in [1.165, 1.54) is 4.90 Å². The van der Waals surface area contributed by atoms with Gasteiger partial charge in [0.05, 0.1) is 190 Å². The van der Waals surface area contributed by atoms with Gasteiger partial charge in [-0.05, 0) is 62.8 Å². The Bertz CT molecular complexity index is 3090. The van der Waals surface area contributed by atoms with Gasteiger partial charge >= 0.3 is 6.03 Å². The van der Waals surface area contributed by atoms with E-state index in [-0.39, 0.29) is 191 Å². The van der Waals surface area contributed by atoms with E-state index in [0.717, 1.165) is 5.56 Å². The third kappa shape index (κ3) is 60.9. The van der Waals surface area contributed by atoms with Crippen molar-refractivity contribution in [2.45, 2.75) is 206 Å². The predicted molar refractivity (Wildman–Crippen MR) is 456 cm³/mol. The summed E-state index contributed by atoms with van der Waals surface area (Å²) in [5.74, 6) is -4.01. The summed E-state index contributed by atoms with van der Waals surface area (Å²) in [6.45, 7) is -5.99. The standard InChI is InChI=1S/C80H150N10O41/c1-48(2)71(79(118)88-63(9-7-17-85-80(81)119)77(116)87-50-12-10-49(11-13-50)25-120-4)89-76(115)62(82-3)8-5-6-16-84-78(117)68(108)47-131-46-61(103)45-130-44-60(102)43-129-42-59(101)41-128-40-58(100)39-127-38-57(99)37-126-36-56(98)35-125-34-55(97)33-124-32-54(96)31-123-30-53(95)29-122-28-52(94)27-121-26-51(93)20-86-70(110)15-14-69(109)83-18-19-90(21-64(104)72(111)74(113)66(106)23-91)22-65(105)73(112)75(114)67(107)24-92/h10-13,48,51-68,71-75,82,91-108,111-114H,5-9,14-47H2,1-4H3,(H,83,109)(H,84,117)(H,86,110)(H,87,116)(H,88,118)(H,89,115)(H3,81,85,119)/t51?,52?,53?,54?,55?,56?,57?,58?,59?,60?,61?,62-,63-,64-,65-,66+,67+,68?,71-,72+,73+,74+,75+/m0/s1. The van der Waals surface area contributed by atoms with Gasteiger partial charge in [-0.2, -0.15) is 0 Å². The van der Waals surface area contributed by atoms with E-state index in [1.54, 1.807) is 52.3 Å². The van der Waals surface area contributed by atoms with Crippen LogP contribution in [0.2, 0.25) is 0 Å². The van der Waals surface area contributed by atoms with Crippen LogP contribution in [0.4, 0.5) is 10.5 Å². The van der Waals surface area contributed by atoms with E-state index in [0.29, 0.717) is 38.0 Å². The van der Waals surface area contributed by atoms with Crippen molar-refractivity contribution in [2.75, 3.05) is 224 Å². The van der Waals surface area contributed by atoms with Gasteiger partial charge < -0.3 is 217 Å². The molecule has 0 fully saturated rings. The van der Waals surface area contributed by atoms with Crippen molar-refractivity contribution in [3.8, 4) is 0 Å². The number of hydrogen-bond donors (Lipinski definition) is 31. The molecule has 23 atom stereocenters. The van der Waals surface area contributed by atoms with Gasteiger partial charge in [0.1, 0.15) is 110 Å². The fourth-order valence-corrected chi connectivity index (χ4v) is 11.6. The third-order valence-electron chi connectivity index (χ3n) is 18.8. The zero-order valence-electron chi connectivity index (χ0n) is 74.9. The molecule has 0 bridgehead atoms. The molecule has 0 aliphatic heterocycles. The Labute approximate surface area is 760 Å². The first kappa shape index (κ1) is 123. The highest BCUT2D eigenvalue weighted by Gasteiger charge is 2.36. The first-order valence-electron chi connectivity index (χ1n) is 43.2. The largest absolute Gasteiger partial charge is 0.394 e. The van der Waals surface area contributed by atoms with Gasteiger partial charge in [0.25, 0.3) is 5.91 Å². The molecule has 0 spiro atoms. The van der Waals surface area contributed by atoms with Gasteiger partial charge in [-0.1, -0.05) is 26.0 Å². The summed E-state index contributed by atoms with van der Waals surface area (Å²) in [7, 11) is 3.14. The van der Waals surface area contributed by atoms with Crippen molar-refractivity contribution in [1.29, 1.82) is 0 Å². The van der Waals surface area contributed by atoms with Gasteiger partial charge in [0.15, 0.2) is 6.10 Å². The molecule has 766 valence electrons. The summed E-state index contributed by atoms with van der Waals surface area (Å²) in [6.07, 6.45) is -29.0. The summed E-state index contributed by atoms with van der Waals surface area (Å²) in [5.41, 5.74) is 6.55. The van der Waals surface area contributed by atoms with Gasteiger partial charge in [-0.15, -0.1) is 0 Å². The Morgan fingerprint density at radius 2 is 0.718 bits per heavy atom. The molecule has 8 amide bonds. The van der Waals surface area contributed by atoms with E-state index >= 15 is 0 Å². The smallest absolute Gasteiger partial charge is 0.312 e. The van der Waals surface area contributed by atoms with Crippen LogP contribution in [-0.2, 0) is 92.2 Å². The van der Waals surface area contributed by atoms with Crippen LogP contribution in [-0.4, -0.2) is 517 Å². The van der Waals surface area contributed by atoms with Crippen molar-refractivity contribution >= 4 is 47.2 Å². The Hall–Kier alpha value is -6.13. The van der Waals surface area contributed by atoms with Gasteiger partial charge in [0.2, 0.25) is 29.5 Å². The van der Waals surface area contributed by atoms with Crippen LogP contribution in [0.5, 0.6) is 0 Å². The van der Waals surface area contributed by atoms with Gasteiger partial charge in [0, 0.05) is 71.5 Å². The van der Waals surface area contributed by atoms with E-state index < -0.39 is 221 Å². The number of carbonyl (C=O) groups is 7. The van der Waals surface area contributed by atoms with E-state index in [2.05, 4.69) is 42.5 Å². The molecule has 0 heterocycles. The number of carbonyl (C=O) groups excluding carboxylic acids is 7. The number of aliphatic hydroxyl groups is 22. The van der Waals surface area contributed by atoms with E-state index in [4.69, 9.17) is 72.8 Å². The van der Waals surface area contributed by atoms with Crippen molar-refractivity contribution in [3.05, 3.63) is 29.8 Å². The number of rotatable bonds is 84. The maximum absolute atomic E-state index is 13.7. The lowest BCUT2D eigenvalue weighted by molar-refractivity contribution is -0.133. The number of urea groups is 1. The molecule has 51 nitrogen and oxygen atoms in total. The first-order chi connectivity index (χ1) is 62.2. The Morgan fingerprint density at radius 1 is 0.374 bits per heavy atom. The fourth-order valence-electron chi connectivity index (χ4n) is 11.6. The van der Waals surface area contributed by atoms with Crippen LogP contribution in [0.3, 0.4) is 0 Å². The summed E-state index contributed by atoms with van der Waals surface area (Å²) in [6, 6.07) is 3.40. The number of nitrogens with two attached hydrogens (primary N) is 1. The minimum atomic E-state index is -2.02. The zero-order valence-corrected chi connectivity index (χ0v) is 74.9. The molecule has 12 unspecified atom stereocenters. The molecule has 131 heavy (non-hydrogen) atoms. The highest BCUT2D eigenvalue weighted by Crippen LogP contribution is 2.16. The minimum Gasteiger partial charge on any atom is -0.394 e. The Morgan fingerprint density at radius 3 is 1.07 bits per heavy atom. The van der Waals surface area contributed by atoms with Gasteiger partial charge in [-0.25, -0.2) is 4.79 Å². The SMILES string of the molecule is CN[C@@H](CCCCNC(=O)C(O)COCC(O)COCC(O)COCC(O)COCC(O)COCC(O)COCC(O)COCC(O)COCC(O)COCC(O)COCC(O)COCC(O)CNC(=O)CCC(=O)NCCN(C[C@H](O)[C@@H](O)[C@H](O)[C@H](O)CO)C[C@H](O)[C@@H](O)[C@H](O)[C@H](O)CO)C(=O)N[C@H](C(=O)N[C@@H](CCCNC(N)=O)C(=O)Nc1ccc(COC)cc1)C(C)C. The van der Waals surface area contributed by atoms with E-state index in [9.17, 15) is 136 Å². The number of methoxy groups -OCH3 is 1. The number of unbranched alkanes of at least 4 members (excludes halogenated alkanes) is 1. The second-order valence-corrected chi connectivity index (χ2v) is 31.6. The molecule has 1 aromatic carbocycles. The zero-order chi connectivity index (χ0) is 98.2. The molecule has 0 radical (unpaired) electrons. The van der Waals surface area contributed by atoms with Crippen molar-refractivity contribution in [1.82, 2.24) is 42.1 Å². The molecule has 0 aliphatic rings. The number of amides is 8. The number of nitrogens with one attached hydrogen (secondary N) is 8. The lowest BCUT2D eigenvalue weighted by atomic mass is 10.0. The molecule has 0 aliphatic carbocycles. The summed E-state index contributed by atoms with van der Waals surface area (Å²) >= 11 is 0. The maximum Gasteiger partial charge on any atom is 0.312 e. The lowest BCUT2D eigenvalue weighted by Crippen LogP contribution is -2.57. The number of benzene rings is 1. The molecule has 0 aromatic heterocycles. The van der Waals surface area contributed by atoms with Crippen LogP contribution >= 0.6 is 0 Å². The average Bonchev–Trinajstić information content (AvgIpc) is 0.863. The van der Waals surface area contributed by atoms with Gasteiger partial charge in [-0.3, -0.25) is 33.7 Å². The quantitative estimate of drug-likeness (QED) is 0.0269. The fraction of sp³-hybridized carbons (Fsp3) is 0.838. The molecule has 51 heteroatoms. The number of anilines is 1. The molecular weight excluding hydrogens is 1760 g/mol. The summed E-state index contributed by atoms with van der Waals surface area (Å²) < 4.78 is 63.2. The molecule has 0 saturated heterocycles. The molecule has 32 N–H and O–H groups in total. The molecular formula is C80H150N10O41. The number of aliphatic hydroxyl groups excluding tert-OH is 22. The topological polar surface area (TPSA) is 801 Å². The van der Waals surface area contributed by atoms with Crippen LogP contribution in [0, 0.1) is 5.92 Å². The normalized spacial score (nSPS) is 17.3. The lowest BCUT2D eigenvalue weighted by Gasteiger charge is -2.33. The van der Waals surface area contributed by atoms with Crippen molar-refractivity contribution < 1.29 is 203 Å². The van der Waals surface area contributed by atoms with E-state index in [1.807, 2.05) is 0 Å². The monoisotopic (exact) mass is 1910 g/mol. The number of primary amides is 1. The van der Waals surface area contributed by atoms with Crippen molar-refractivity contribution in [2.24, 2.45) is 11.7 Å². The van der Waals surface area contributed by atoms with Crippen LogP contribution in [0.25, 0.3) is 0 Å². The minimum absolute atomic E-state index is 0.135. The number of hydrogen-bond acceptors (Lipinski definition) is 43. The second kappa shape index (κ2) is 74.1.